The second-order valence-corrected chi connectivity index (χ2v) is 4.40. The first-order chi connectivity index (χ1) is 8.70. The second-order valence-electron chi connectivity index (χ2n) is 4.40. The Kier molecular flexibility index (Phi) is 4.04. The maximum atomic E-state index is 11.5. The van der Waals surface area contributed by atoms with Gasteiger partial charge in [0.2, 0.25) is 0 Å². The van der Waals surface area contributed by atoms with Crippen LogP contribution in [0.15, 0.2) is 18.2 Å². The van der Waals surface area contributed by atoms with E-state index < -0.39 is 5.97 Å². The minimum absolute atomic E-state index is 0.394. The van der Waals surface area contributed by atoms with Gasteiger partial charge < -0.3 is 20.5 Å². The van der Waals surface area contributed by atoms with Crippen molar-refractivity contribution < 1.29 is 14.3 Å². The van der Waals surface area contributed by atoms with Crippen molar-refractivity contribution >= 4 is 17.3 Å². The Morgan fingerprint density at radius 2 is 2.44 bits per heavy atom. The highest BCUT2D eigenvalue weighted by atomic mass is 16.5. The van der Waals surface area contributed by atoms with E-state index in [1.807, 2.05) is 6.07 Å². The van der Waals surface area contributed by atoms with Crippen molar-refractivity contribution in [2.24, 2.45) is 5.92 Å². The van der Waals surface area contributed by atoms with E-state index in [-0.39, 0.29) is 0 Å². The zero-order chi connectivity index (χ0) is 13.0. The molecule has 18 heavy (non-hydrogen) atoms. The van der Waals surface area contributed by atoms with E-state index in [9.17, 15) is 4.79 Å². The standard InChI is InChI=1S/C13H18N2O3/c1-17-13(16)11-6-10(2-3-12(11)14)15-7-9-4-5-18-8-9/h2-3,6,9,15H,4-5,7-8,14H2,1H3. The molecule has 0 spiro atoms. The van der Waals surface area contributed by atoms with Crippen molar-refractivity contribution in [2.45, 2.75) is 6.42 Å². The Balaban J connectivity index is 2.02. The summed E-state index contributed by atoms with van der Waals surface area (Å²) in [6.07, 6.45) is 1.08. The van der Waals surface area contributed by atoms with E-state index in [0.717, 1.165) is 31.9 Å². The van der Waals surface area contributed by atoms with Gasteiger partial charge in [-0.2, -0.15) is 0 Å². The van der Waals surface area contributed by atoms with E-state index in [0.29, 0.717) is 17.2 Å². The van der Waals surface area contributed by atoms with Gasteiger partial charge in [-0.25, -0.2) is 4.79 Å². The van der Waals surface area contributed by atoms with E-state index in [4.69, 9.17) is 10.5 Å². The number of nitrogens with one attached hydrogen (secondary N) is 1. The lowest BCUT2D eigenvalue weighted by atomic mass is 10.1. The smallest absolute Gasteiger partial charge is 0.340 e. The Hall–Kier alpha value is -1.75. The van der Waals surface area contributed by atoms with Gasteiger partial charge in [0.15, 0.2) is 0 Å². The van der Waals surface area contributed by atoms with Gasteiger partial charge in [-0.15, -0.1) is 0 Å². The summed E-state index contributed by atoms with van der Waals surface area (Å²) in [5, 5.41) is 3.29. The molecule has 98 valence electrons. The largest absolute Gasteiger partial charge is 0.465 e. The topological polar surface area (TPSA) is 73.6 Å². The summed E-state index contributed by atoms with van der Waals surface area (Å²) in [5.74, 6) is 0.115. The van der Waals surface area contributed by atoms with Gasteiger partial charge in [0, 0.05) is 30.4 Å². The number of hydrogen-bond donors (Lipinski definition) is 2. The summed E-state index contributed by atoms with van der Waals surface area (Å²) < 4.78 is 9.99. The van der Waals surface area contributed by atoms with Crippen LogP contribution < -0.4 is 11.1 Å². The molecule has 0 aliphatic carbocycles. The average Bonchev–Trinajstić information content (AvgIpc) is 2.90. The summed E-state index contributed by atoms with van der Waals surface area (Å²) in [4.78, 5) is 11.5. The van der Waals surface area contributed by atoms with E-state index in [1.165, 1.54) is 7.11 Å². The monoisotopic (exact) mass is 250 g/mol. The van der Waals surface area contributed by atoms with Crippen LogP contribution in [0.3, 0.4) is 0 Å². The molecule has 5 nitrogen and oxygen atoms in total. The number of nitrogen functional groups attached to an aromatic ring is 1. The van der Waals surface area contributed by atoms with Crippen LogP contribution in [0.4, 0.5) is 11.4 Å². The van der Waals surface area contributed by atoms with Crippen LogP contribution in [0, 0.1) is 5.92 Å². The molecule has 1 atom stereocenters. The molecule has 1 aliphatic heterocycles. The normalized spacial score (nSPS) is 18.6. The molecule has 5 heteroatoms. The molecule has 0 amide bonds. The molecular weight excluding hydrogens is 232 g/mol. The third kappa shape index (κ3) is 2.92. The van der Waals surface area contributed by atoms with Gasteiger partial charge in [0.25, 0.3) is 0 Å². The van der Waals surface area contributed by atoms with E-state index in [2.05, 4.69) is 10.1 Å². The number of carbonyl (C=O) groups is 1. The molecule has 0 saturated carbocycles. The Bertz CT molecular complexity index is 428. The number of carbonyl (C=O) groups excluding carboxylic acids is 1. The molecule has 1 saturated heterocycles. The van der Waals surface area contributed by atoms with Crippen LogP contribution in [0.2, 0.25) is 0 Å². The molecule has 1 aromatic rings. The molecule has 0 radical (unpaired) electrons. The quantitative estimate of drug-likeness (QED) is 0.626. The highest BCUT2D eigenvalue weighted by Gasteiger charge is 2.16. The summed E-state index contributed by atoms with van der Waals surface area (Å²) in [6.45, 7) is 2.47. The van der Waals surface area contributed by atoms with Crippen LogP contribution in [0.5, 0.6) is 0 Å². The maximum absolute atomic E-state index is 11.5. The fraction of sp³-hybridized carbons (Fsp3) is 0.462. The Morgan fingerprint density at radius 1 is 1.61 bits per heavy atom. The van der Waals surface area contributed by atoms with Crippen molar-refractivity contribution in [3.05, 3.63) is 23.8 Å². The van der Waals surface area contributed by atoms with Gasteiger partial charge in [-0.1, -0.05) is 0 Å². The number of ether oxygens (including phenoxy) is 2. The highest BCUT2D eigenvalue weighted by Crippen LogP contribution is 2.20. The van der Waals surface area contributed by atoms with Crippen LogP contribution in [0.1, 0.15) is 16.8 Å². The van der Waals surface area contributed by atoms with Crippen LogP contribution in [0.25, 0.3) is 0 Å². The SMILES string of the molecule is COC(=O)c1cc(NCC2CCOC2)ccc1N. The molecular formula is C13H18N2O3. The lowest BCUT2D eigenvalue weighted by Gasteiger charge is -2.12. The van der Waals surface area contributed by atoms with Crippen LogP contribution >= 0.6 is 0 Å². The summed E-state index contributed by atoms with van der Waals surface area (Å²) in [7, 11) is 1.34. The van der Waals surface area contributed by atoms with Crippen LogP contribution in [-0.4, -0.2) is 32.8 Å². The summed E-state index contributed by atoms with van der Waals surface area (Å²) in [5.41, 5.74) is 7.43. The molecule has 1 fully saturated rings. The first-order valence-electron chi connectivity index (χ1n) is 6.00. The van der Waals surface area contributed by atoms with Gasteiger partial charge in [-0.05, 0) is 24.6 Å². The predicted molar refractivity (Wildman–Crippen MR) is 69.6 cm³/mol. The van der Waals surface area contributed by atoms with Crippen molar-refractivity contribution in [1.29, 1.82) is 0 Å². The lowest BCUT2D eigenvalue weighted by Crippen LogP contribution is -2.14. The maximum Gasteiger partial charge on any atom is 0.340 e. The van der Waals surface area contributed by atoms with Crippen LogP contribution in [-0.2, 0) is 9.47 Å². The Labute approximate surface area is 106 Å². The number of anilines is 2. The zero-order valence-electron chi connectivity index (χ0n) is 10.4. The van der Waals surface area contributed by atoms with Gasteiger partial charge in [0.1, 0.15) is 0 Å². The molecule has 1 aliphatic rings. The predicted octanol–water partition coefficient (Wildman–Crippen LogP) is 1.50. The Morgan fingerprint density at radius 3 is 3.11 bits per heavy atom. The molecule has 1 unspecified atom stereocenters. The number of rotatable bonds is 4. The molecule has 1 heterocycles. The molecule has 2 rings (SSSR count). The number of methoxy groups -OCH3 is 1. The second kappa shape index (κ2) is 5.73. The first kappa shape index (κ1) is 12.7. The molecule has 3 N–H and O–H groups in total. The van der Waals surface area contributed by atoms with E-state index in [1.54, 1.807) is 12.1 Å². The lowest BCUT2D eigenvalue weighted by molar-refractivity contribution is 0.0602. The minimum atomic E-state index is -0.416. The fourth-order valence-corrected chi connectivity index (χ4v) is 1.96. The molecule has 1 aromatic carbocycles. The number of benzene rings is 1. The molecule has 0 aromatic heterocycles. The third-order valence-corrected chi connectivity index (χ3v) is 3.08. The number of nitrogens with two attached hydrogens (primary N) is 1. The van der Waals surface area contributed by atoms with E-state index >= 15 is 0 Å². The highest BCUT2D eigenvalue weighted by molar-refractivity contribution is 5.96. The number of esters is 1. The fourth-order valence-electron chi connectivity index (χ4n) is 1.96. The van der Waals surface area contributed by atoms with Crippen molar-refractivity contribution in [2.75, 3.05) is 37.9 Å². The summed E-state index contributed by atoms with van der Waals surface area (Å²) in [6, 6.07) is 5.29. The van der Waals surface area contributed by atoms with Crippen molar-refractivity contribution in [3.8, 4) is 0 Å². The van der Waals surface area contributed by atoms with Gasteiger partial charge in [0.05, 0.1) is 19.3 Å². The molecule has 0 bridgehead atoms. The van der Waals surface area contributed by atoms with Gasteiger partial charge in [-0.3, -0.25) is 0 Å². The number of hydrogen-bond acceptors (Lipinski definition) is 5. The average molecular weight is 250 g/mol. The zero-order valence-corrected chi connectivity index (χ0v) is 10.4. The minimum Gasteiger partial charge on any atom is -0.465 e. The van der Waals surface area contributed by atoms with Crippen molar-refractivity contribution in [1.82, 2.24) is 0 Å². The summed E-state index contributed by atoms with van der Waals surface area (Å²) >= 11 is 0. The van der Waals surface area contributed by atoms with Gasteiger partial charge >= 0.3 is 5.97 Å². The van der Waals surface area contributed by atoms with Crippen molar-refractivity contribution in [3.63, 3.8) is 0 Å². The first-order valence-corrected chi connectivity index (χ1v) is 6.00. The third-order valence-electron chi connectivity index (χ3n) is 3.08.